The number of halogens is 1. The maximum absolute atomic E-state index is 10.5. The molecule has 1 aromatic rings. The van der Waals surface area contributed by atoms with Crippen molar-refractivity contribution in [2.24, 2.45) is 0 Å². The maximum Gasteiger partial charge on any atom is 0.339 e. The number of rotatable bonds is 2. The lowest BCUT2D eigenvalue weighted by Crippen LogP contribution is -1.99. The zero-order chi connectivity index (χ0) is 10.0. The van der Waals surface area contributed by atoms with Crippen molar-refractivity contribution in [1.82, 2.24) is 0 Å². The van der Waals surface area contributed by atoms with Gasteiger partial charge in [0, 0.05) is 4.47 Å². The number of hydrogen-bond acceptors (Lipinski definition) is 3. The van der Waals surface area contributed by atoms with Gasteiger partial charge >= 0.3 is 5.97 Å². The number of carboxylic acids is 1. The molecular weight excluding hydrogens is 240 g/mol. The summed E-state index contributed by atoms with van der Waals surface area (Å²) in [5.74, 6) is -1.79. The number of phenols is 1. The summed E-state index contributed by atoms with van der Waals surface area (Å²) >= 11 is 3.01. The van der Waals surface area contributed by atoms with Gasteiger partial charge in [0.1, 0.15) is 11.3 Å². The Labute approximate surface area is 81.9 Å². The number of benzene rings is 1. The first-order chi connectivity index (χ1) is 6.07. The van der Waals surface area contributed by atoms with Crippen LogP contribution in [-0.2, 0) is 0 Å². The molecule has 0 saturated carbocycles. The summed E-state index contributed by atoms with van der Waals surface area (Å²) in [5, 5.41) is 17.9. The molecule has 4 nitrogen and oxygen atoms in total. The predicted molar refractivity (Wildman–Crippen MR) is 48.2 cm³/mol. The molecule has 0 aliphatic heterocycles. The van der Waals surface area contributed by atoms with E-state index < -0.39 is 11.7 Å². The third kappa shape index (κ3) is 1.70. The minimum Gasteiger partial charge on any atom is -0.506 e. The molecule has 0 aromatic heterocycles. The molecular formula is C8H5BrO4. The van der Waals surface area contributed by atoms with E-state index in [0.29, 0.717) is 10.8 Å². The van der Waals surface area contributed by atoms with Crippen molar-refractivity contribution < 1.29 is 19.8 Å². The fourth-order valence-electron chi connectivity index (χ4n) is 0.868. The molecule has 68 valence electrons. The molecule has 0 unspecified atom stereocenters. The Hall–Kier alpha value is -1.36. The Morgan fingerprint density at radius 2 is 2.08 bits per heavy atom. The van der Waals surface area contributed by atoms with Crippen molar-refractivity contribution in [2.75, 3.05) is 0 Å². The Kier molecular flexibility index (Phi) is 2.67. The number of carboxylic acid groups (broad SMARTS) is 1. The molecule has 0 aliphatic carbocycles. The van der Waals surface area contributed by atoms with Crippen molar-refractivity contribution in [1.29, 1.82) is 0 Å². The fourth-order valence-corrected chi connectivity index (χ4v) is 1.28. The van der Waals surface area contributed by atoms with Gasteiger partial charge in [0.25, 0.3) is 0 Å². The van der Waals surface area contributed by atoms with Crippen LogP contribution in [0.15, 0.2) is 16.6 Å². The summed E-state index contributed by atoms with van der Waals surface area (Å²) < 4.78 is 0.366. The molecule has 1 aromatic carbocycles. The molecule has 0 heterocycles. The van der Waals surface area contributed by atoms with Gasteiger partial charge in [-0.2, -0.15) is 0 Å². The average Bonchev–Trinajstić information content (AvgIpc) is 2.04. The van der Waals surface area contributed by atoms with E-state index in [-0.39, 0.29) is 11.1 Å². The predicted octanol–water partition coefficient (Wildman–Crippen LogP) is 1.67. The zero-order valence-corrected chi connectivity index (χ0v) is 7.91. The SMILES string of the molecule is O=Cc1c(Br)ccc(C(=O)O)c1O. The van der Waals surface area contributed by atoms with E-state index in [0.717, 1.165) is 0 Å². The first kappa shape index (κ1) is 9.73. The van der Waals surface area contributed by atoms with Gasteiger partial charge < -0.3 is 10.2 Å². The smallest absolute Gasteiger partial charge is 0.339 e. The molecule has 0 bridgehead atoms. The highest BCUT2D eigenvalue weighted by atomic mass is 79.9. The Balaban J connectivity index is 3.44. The van der Waals surface area contributed by atoms with Gasteiger partial charge in [-0.25, -0.2) is 4.79 Å². The molecule has 13 heavy (non-hydrogen) atoms. The molecule has 5 heteroatoms. The number of aromatic hydroxyl groups is 1. The molecule has 0 saturated heterocycles. The third-order valence-corrected chi connectivity index (χ3v) is 2.20. The van der Waals surface area contributed by atoms with Crippen LogP contribution in [0.4, 0.5) is 0 Å². The van der Waals surface area contributed by atoms with Gasteiger partial charge in [-0.05, 0) is 28.1 Å². The number of carbonyl (C=O) groups is 2. The van der Waals surface area contributed by atoms with E-state index in [2.05, 4.69) is 15.9 Å². The second-order valence-electron chi connectivity index (χ2n) is 2.28. The fraction of sp³-hybridized carbons (Fsp3) is 0. The lowest BCUT2D eigenvalue weighted by atomic mass is 10.1. The third-order valence-electron chi connectivity index (χ3n) is 1.51. The number of aldehydes is 1. The Morgan fingerprint density at radius 3 is 2.54 bits per heavy atom. The quantitative estimate of drug-likeness (QED) is 0.777. The minimum absolute atomic E-state index is 0.0556. The summed E-state index contributed by atoms with van der Waals surface area (Å²) in [6.45, 7) is 0. The van der Waals surface area contributed by atoms with Crippen LogP contribution in [-0.4, -0.2) is 22.5 Å². The minimum atomic E-state index is -1.27. The van der Waals surface area contributed by atoms with E-state index in [1.807, 2.05) is 0 Å². The first-order valence-electron chi connectivity index (χ1n) is 3.28. The van der Waals surface area contributed by atoms with Gasteiger partial charge in [0.05, 0.1) is 5.56 Å². The number of carbonyl (C=O) groups excluding carboxylic acids is 1. The largest absolute Gasteiger partial charge is 0.506 e. The van der Waals surface area contributed by atoms with Gasteiger partial charge in [-0.3, -0.25) is 4.79 Å². The van der Waals surface area contributed by atoms with Crippen LogP contribution in [0.3, 0.4) is 0 Å². The highest BCUT2D eigenvalue weighted by Crippen LogP contribution is 2.27. The van der Waals surface area contributed by atoms with Crippen LogP contribution in [0.1, 0.15) is 20.7 Å². The summed E-state index contributed by atoms with van der Waals surface area (Å²) in [7, 11) is 0. The van der Waals surface area contributed by atoms with Crippen molar-refractivity contribution in [3.8, 4) is 5.75 Å². The molecule has 0 atom stereocenters. The van der Waals surface area contributed by atoms with Crippen LogP contribution < -0.4 is 0 Å². The number of hydrogen-bond donors (Lipinski definition) is 2. The first-order valence-corrected chi connectivity index (χ1v) is 4.07. The average molecular weight is 245 g/mol. The van der Waals surface area contributed by atoms with Gasteiger partial charge in [-0.1, -0.05) is 0 Å². The second kappa shape index (κ2) is 3.57. The molecule has 0 fully saturated rings. The topological polar surface area (TPSA) is 74.6 Å². The summed E-state index contributed by atoms with van der Waals surface area (Å²) in [6.07, 6.45) is 0.395. The highest BCUT2D eigenvalue weighted by molar-refractivity contribution is 9.10. The Morgan fingerprint density at radius 1 is 1.46 bits per heavy atom. The van der Waals surface area contributed by atoms with E-state index in [9.17, 15) is 14.7 Å². The molecule has 0 radical (unpaired) electrons. The van der Waals surface area contributed by atoms with Crippen molar-refractivity contribution in [2.45, 2.75) is 0 Å². The molecule has 0 spiro atoms. The zero-order valence-electron chi connectivity index (χ0n) is 6.32. The van der Waals surface area contributed by atoms with E-state index in [1.165, 1.54) is 12.1 Å². The number of aromatic carboxylic acids is 1. The summed E-state index contributed by atoms with van der Waals surface area (Å²) in [5.41, 5.74) is -0.342. The van der Waals surface area contributed by atoms with Crippen LogP contribution in [0, 0.1) is 0 Å². The second-order valence-corrected chi connectivity index (χ2v) is 3.13. The molecule has 0 aliphatic rings. The van der Waals surface area contributed by atoms with E-state index >= 15 is 0 Å². The van der Waals surface area contributed by atoms with Gasteiger partial charge in [-0.15, -0.1) is 0 Å². The van der Waals surface area contributed by atoms with Gasteiger partial charge in [0.15, 0.2) is 6.29 Å². The van der Waals surface area contributed by atoms with Gasteiger partial charge in [0.2, 0.25) is 0 Å². The molecule has 0 amide bonds. The lowest BCUT2D eigenvalue weighted by molar-refractivity contribution is 0.0693. The van der Waals surface area contributed by atoms with Crippen molar-refractivity contribution >= 4 is 28.2 Å². The molecule has 2 N–H and O–H groups in total. The van der Waals surface area contributed by atoms with Crippen LogP contribution in [0.2, 0.25) is 0 Å². The normalized spacial score (nSPS) is 9.62. The van der Waals surface area contributed by atoms with Crippen LogP contribution in [0.5, 0.6) is 5.75 Å². The van der Waals surface area contributed by atoms with E-state index in [1.54, 1.807) is 0 Å². The van der Waals surface area contributed by atoms with Crippen molar-refractivity contribution in [3.63, 3.8) is 0 Å². The van der Waals surface area contributed by atoms with E-state index in [4.69, 9.17) is 5.11 Å². The van der Waals surface area contributed by atoms with Crippen LogP contribution >= 0.6 is 15.9 Å². The summed E-state index contributed by atoms with van der Waals surface area (Å²) in [6, 6.07) is 2.61. The standard InChI is InChI=1S/C8H5BrO4/c9-6-2-1-4(8(12)13)7(11)5(6)3-10/h1-3,11H,(H,12,13). The summed E-state index contributed by atoms with van der Waals surface area (Å²) in [4.78, 5) is 21.0. The highest BCUT2D eigenvalue weighted by Gasteiger charge is 2.14. The Bertz CT molecular complexity index is 373. The maximum atomic E-state index is 10.5. The molecule has 1 rings (SSSR count). The monoisotopic (exact) mass is 244 g/mol. The van der Waals surface area contributed by atoms with Crippen molar-refractivity contribution in [3.05, 3.63) is 27.7 Å². The van der Waals surface area contributed by atoms with Crippen LogP contribution in [0.25, 0.3) is 0 Å². The lowest BCUT2D eigenvalue weighted by Gasteiger charge is -2.03.